The van der Waals surface area contributed by atoms with Crippen LogP contribution in [-0.2, 0) is 4.79 Å². The van der Waals surface area contributed by atoms with Crippen molar-refractivity contribution in [2.45, 2.75) is 45.1 Å². The molecule has 76 valence electrons. The maximum Gasteiger partial charge on any atom is 0.323 e. The van der Waals surface area contributed by atoms with Crippen LogP contribution in [0, 0.1) is 11.8 Å². The third-order valence-corrected chi connectivity index (χ3v) is 2.69. The van der Waals surface area contributed by atoms with Crippen LogP contribution in [0.15, 0.2) is 0 Å². The molecule has 0 spiro atoms. The molecule has 2 atom stereocenters. The van der Waals surface area contributed by atoms with Crippen molar-refractivity contribution in [1.82, 2.24) is 0 Å². The van der Waals surface area contributed by atoms with E-state index < -0.39 is 11.5 Å². The Bertz CT molecular complexity index is 197. The average Bonchev–Trinajstić information content (AvgIpc) is 2.69. The molecule has 13 heavy (non-hydrogen) atoms. The largest absolute Gasteiger partial charge is 0.480 e. The Morgan fingerprint density at radius 3 is 2.62 bits per heavy atom. The Hall–Kier alpha value is -0.570. The summed E-state index contributed by atoms with van der Waals surface area (Å²) >= 11 is 0. The Morgan fingerprint density at radius 1 is 1.69 bits per heavy atom. The van der Waals surface area contributed by atoms with Crippen LogP contribution in [-0.4, -0.2) is 16.6 Å². The monoisotopic (exact) mass is 185 g/mol. The Labute approximate surface area is 79.3 Å². The van der Waals surface area contributed by atoms with E-state index in [1.165, 1.54) is 12.8 Å². The van der Waals surface area contributed by atoms with Crippen LogP contribution in [0.25, 0.3) is 0 Å². The summed E-state index contributed by atoms with van der Waals surface area (Å²) in [6.45, 7) is 3.69. The van der Waals surface area contributed by atoms with E-state index in [9.17, 15) is 4.79 Å². The van der Waals surface area contributed by atoms with Gasteiger partial charge in [0.15, 0.2) is 0 Å². The van der Waals surface area contributed by atoms with Gasteiger partial charge >= 0.3 is 5.97 Å². The van der Waals surface area contributed by atoms with Crippen molar-refractivity contribution < 1.29 is 9.90 Å². The van der Waals surface area contributed by atoms with Crippen molar-refractivity contribution >= 4 is 5.97 Å². The van der Waals surface area contributed by atoms with Gasteiger partial charge in [0.1, 0.15) is 5.54 Å². The van der Waals surface area contributed by atoms with Crippen LogP contribution in [0.3, 0.4) is 0 Å². The van der Waals surface area contributed by atoms with Gasteiger partial charge in [-0.3, -0.25) is 4.79 Å². The summed E-state index contributed by atoms with van der Waals surface area (Å²) in [5, 5.41) is 8.81. The van der Waals surface area contributed by atoms with E-state index in [1.807, 2.05) is 0 Å². The Balaban J connectivity index is 2.32. The molecule has 0 amide bonds. The molecule has 3 nitrogen and oxygen atoms in total. The first-order chi connectivity index (χ1) is 5.92. The zero-order valence-corrected chi connectivity index (χ0v) is 8.42. The van der Waals surface area contributed by atoms with E-state index in [0.29, 0.717) is 12.3 Å². The van der Waals surface area contributed by atoms with Crippen LogP contribution >= 0.6 is 0 Å². The second-order valence-electron chi connectivity index (χ2n) is 4.71. The van der Waals surface area contributed by atoms with Gasteiger partial charge in [0.25, 0.3) is 0 Å². The number of hydrogen-bond donors (Lipinski definition) is 2. The zero-order valence-electron chi connectivity index (χ0n) is 8.42. The van der Waals surface area contributed by atoms with Gasteiger partial charge in [-0.25, -0.2) is 0 Å². The lowest BCUT2D eigenvalue weighted by Gasteiger charge is -2.23. The molecule has 1 aliphatic rings. The third-order valence-electron chi connectivity index (χ3n) is 2.69. The summed E-state index contributed by atoms with van der Waals surface area (Å²) in [6.07, 6.45) is 4.36. The molecule has 0 bridgehead atoms. The number of aliphatic carboxylic acids is 1. The Morgan fingerprint density at radius 2 is 2.23 bits per heavy atom. The minimum absolute atomic E-state index is 0.429. The highest BCUT2D eigenvalue weighted by atomic mass is 16.4. The van der Waals surface area contributed by atoms with E-state index in [0.717, 1.165) is 12.3 Å². The van der Waals surface area contributed by atoms with E-state index in [1.54, 1.807) is 6.92 Å². The fraction of sp³-hybridized carbons (Fsp3) is 0.900. The predicted octanol–water partition coefficient (Wildman–Crippen LogP) is 1.61. The minimum atomic E-state index is -1.05. The van der Waals surface area contributed by atoms with E-state index in [-0.39, 0.29) is 0 Å². The number of hydrogen-bond acceptors (Lipinski definition) is 2. The molecule has 0 aromatic carbocycles. The standard InChI is InChI=1S/C10H19NO2/c1-7(5-8-3-4-8)6-10(2,11)9(12)13/h7-8H,3-6,11H2,1-2H3,(H,12,13)/t7-,10-/m1/s1. The van der Waals surface area contributed by atoms with Crippen LogP contribution in [0.4, 0.5) is 0 Å². The lowest BCUT2D eigenvalue weighted by Crippen LogP contribution is -2.46. The van der Waals surface area contributed by atoms with Crippen molar-refractivity contribution in [1.29, 1.82) is 0 Å². The summed E-state index contributed by atoms with van der Waals surface area (Å²) < 4.78 is 0. The first-order valence-electron chi connectivity index (χ1n) is 4.94. The van der Waals surface area contributed by atoms with E-state index in [4.69, 9.17) is 10.8 Å². The summed E-state index contributed by atoms with van der Waals surface area (Å²) in [6, 6.07) is 0. The first-order valence-corrected chi connectivity index (χ1v) is 4.94. The molecule has 0 saturated heterocycles. The number of carbonyl (C=O) groups is 1. The normalized spacial score (nSPS) is 23.6. The third kappa shape index (κ3) is 3.35. The van der Waals surface area contributed by atoms with Crippen molar-refractivity contribution in [2.24, 2.45) is 17.6 Å². The molecular formula is C10H19NO2. The second kappa shape index (κ2) is 3.66. The van der Waals surface area contributed by atoms with Crippen molar-refractivity contribution in [2.75, 3.05) is 0 Å². The molecule has 1 saturated carbocycles. The number of nitrogens with two attached hydrogens (primary N) is 1. The van der Waals surface area contributed by atoms with Gasteiger partial charge in [-0.15, -0.1) is 0 Å². The fourth-order valence-corrected chi connectivity index (χ4v) is 1.82. The first kappa shape index (κ1) is 10.5. The van der Waals surface area contributed by atoms with Crippen LogP contribution in [0.2, 0.25) is 0 Å². The van der Waals surface area contributed by atoms with Crippen molar-refractivity contribution in [3.05, 3.63) is 0 Å². The molecule has 3 heteroatoms. The smallest absolute Gasteiger partial charge is 0.323 e. The lowest BCUT2D eigenvalue weighted by atomic mass is 9.88. The average molecular weight is 185 g/mol. The van der Waals surface area contributed by atoms with Gasteiger partial charge in [0.2, 0.25) is 0 Å². The minimum Gasteiger partial charge on any atom is -0.480 e. The van der Waals surface area contributed by atoms with Crippen LogP contribution in [0.5, 0.6) is 0 Å². The maximum absolute atomic E-state index is 10.7. The molecule has 3 N–H and O–H groups in total. The highest BCUT2D eigenvalue weighted by Gasteiger charge is 2.32. The molecular weight excluding hydrogens is 166 g/mol. The summed E-state index contributed by atoms with van der Waals surface area (Å²) in [4.78, 5) is 10.7. The second-order valence-corrected chi connectivity index (χ2v) is 4.71. The van der Waals surface area contributed by atoms with E-state index in [2.05, 4.69) is 6.92 Å². The molecule has 1 rings (SSSR count). The molecule has 0 aromatic rings. The van der Waals surface area contributed by atoms with Gasteiger partial charge in [-0.05, 0) is 31.6 Å². The van der Waals surface area contributed by atoms with Gasteiger partial charge in [0.05, 0.1) is 0 Å². The summed E-state index contributed by atoms with van der Waals surface area (Å²) in [7, 11) is 0. The topological polar surface area (TPSA) is 63.3 Å². The SMILES string of the molecule is C[C@H](CC1CC1)C[C@@](C)(N)C(=O)O. The van der Waals surface area contributed by atoms with E-state index >= 15 is 0 Å². The fourth-order valence-electron chi connectivity index (χ4n) is 1.82. The molecule has 0 radical (unpaired) electrons. The quantitative estimate of drug-likeness (QED) is 0.684. The lowest BCUT2D eigenvalue weighted by molar-refractivity contribution is -0.143. The zero-order chi connectivity index (χ0) is 10.1. The van der Waals surface area contributed by atoms with Crippen molar-refractivity contribution in [3.8, 4) is 0 Å². The number of carboxylic acid groups (broad SMARTS) is 1. The van der Waals surface area contributed by atoms with Crippen molar-refractivity contribution in [3.63, 3.8) is 0 Å². The molecule has 0 aromatic heterocycles. The molecule has 0 heterocycles. The van der Waals surface area contributed by atoms with Gasteiger partial charge in [-0.2, -0.15) is 0 Å². The highest BCUT2D eigenvalue weighted by Crippen LogP contribution is 2.36. The van der Waals surface area contributed by atoms with Crippen LogP contribution < -0.4 is 5.73 Å². The molecule has 0 aliphatic heterocycles. The van der Waals surface area contributed by atoms with Gasteiger partial charge in [0, 0.05) is 0 Å². The maximum atomic E-state index is 10.7. The summed E-state index contributed by atoms with van der Waals surface area (Å²) in [5.41, 5.74) is 4.61. The summed E-state index contributed by atoms with van der Waals surface area (Å²) in [5.74, 6) is 0.383. The van der Waals surface area contributed by atoms with Gasteiger partial charge in [-0.1, -0.05) is 19.8 Å². The Kier molecular flexibility index (Phi) is 2.96. The molecule has 1 aliphatic carbocycles. The highest BCUT2D eigenvalue weighted by molar-refractivity contribution is 5.77. The number of carboxylic acids is 1. The molecule has 0 unspecified atom stereocenters. The van der Waals surface area contributed by atoms with Crippen LogP contribution in [0.1, 0.15) is 39.5 Å². The molecule has 1 fully saturated rings. The predicted molar refractivity (Wildman–Crippen MR) is 51.4 cm³/mol. The number of rotatable bonds is 5. The van der Waals surface area contributed by atoms with Gasteiger partial charge < -0.3 is 10.8 Å².